The molecule has 1 amide bonds. The number of carbonyl (C=O) groups is 2. The minimum atomic E-state index is -0.971. The molecule has 0 radical (unpaired) electrons. The second-order valence-corrected chi connectivity index (χ2v) is 17.0. The highest BCUT2D eigenvalue weighted by Gasteiger charge is 2.36. The van der Waals surface area contributed by atoms with Crippen molar-refractivity contribution in [1.82, 2.24) is 49.4 Å². The number of nitriles is 1. The SMILES string of the molecule is CC1CN(C(=O)c2ccc(C#N)cc2)CC1c1nn2c(C3CCOCC3)ncc2c(=O)[nH]1.CC1CNCC1c1nn2c(C3CCOCC3)ncc2c(=O)[nH]1.[C-]#[N+]c1ccc(C(=O)O)cc1. The first-order valence-electron chi connectivity index (χ1n) is 21.8. The number of amides is 1. The number of aromatic nitrogens is 8. The van der Waals surface area contributed by atoms with Crippen LogP contribution < -0.4 is 16.4 Å². The van der Waals surface area contributed by atoms with E-state index >= 15 is 0 Å². The molecule has 4 aromatic heterocycles. The maximum Gasteiger partial charge on any atom is 0.335 e. The summed E-state index contributed by atoms with van der Waals surface area (Å²) in [5.74, 6) is 3.28. The van der Waals surface area contributed by atoms with Crippen molar-refractivity contribution in [3.8, 4) is 6.07 Å². The smallest absolute Gasteiger partial charge is 0.335 e. The van der Waals surface area contributed by atoms with Gasteiger partial charge >= 0.3 is 5.97 Å². The monoisotopic (exact) mass is 882 g/mol. The van der Waals surface area contributed by atoms with Gasteiger partial charge in [0.1, 0.15) is 23.3 Å². The molecular weight excluding hydrogens is 833 g/mol. The summed E-state index contributed by atoms with van der Waals surface area (Å²) in [6.45, 7) is 16.6. The van der Waals surface area contributed by atoms with Crippen molar-refractivity contribution >= 4 is 28.6 Å². The normalized spacial score (nSPS) is 21.2. The van der Waals surface area contributed by atoms with Crippen LogP contribution in [0.4, 0.5) is 5.69 Å². The first-order chi connectivity index (χ1) is 31.5. The summed E-state index contributed by atoms with van der Waals surface area (Å²) < 4.78 is 14.3. The summed E-state index contributed by atoms with van der Waals surface area (Å²) in [4.78, 5) is 68.2. The van der Waals surface area contributed by atoms with Gasteiger partial charge < -0.3 is 34.8 Å². The minimum Gasteiger partial charge on any atom is -0.478 e. The summed E-state index contributed by atoms with van der Waals surface area (Å²) >= 11 is 0. The molecule has 0 aliphatic carbocycles. The van der Waals surface area contributed by atoms with E-state index in [0.29, 0.717) is 71.8 Å². The number of H-pyrrole nitrogens is 2. The molecule has 6 aromatic rings. The third-order valence-electron chi connectivity index (χ3n) is 12.7. The quantitative estimate of drug-likeness (QED) is 0.167. The van der Waals surface area contributed by atoms with Crippen molar-refractivity contribution in [2.45, 2.75) is 63.2 Å². The van der Waals surface area contributed by atoms with E-state index in [-0.39, 0.29) is 46.3 Å². The van der Waals surface area contributed by atoms with Crippen LogP contribution in [-0.2, 0) is 9.47 Å². The van der Waals surface area contributed by atoms with Crippen molar-refractivity contribution in [3.63, 3.8) is 0 Å². The van der Waals surface area contributed by atoms with Gasteiger partial charge in [0.05, 0.1) is 36.2 Å². The van der Waals surface area contributed by atoms with Crippen LogP contribution in [0, 0.1) is 29.7 Å². The van der Waals surface area contributed by atoms with Crippen molar-refractivity contribution in [2.75, 3.05) is 52.6 Å². The third-order valence-corrected chi connectivity index (χ3v) is 12.7. The van der Waals surface area contributed by atoms with Crippen LogP contribution >= 0.6 is 0 Å². The van der Waals surface area contributed by atoms with E-state index in [2.05, 4.69) is 50.0 Å². The van der Waals surface area contributed by atoms with Crippen molar-refractivity contribution in [1.29, 1.82) is 5.26 Å². The predicted molar refractivity (Wildman–Crippen MR) is 236 cm³/mol. The molecule has 4 aliphatic rings. The van der Waals surface area contributed by atoms with E-state index in [1.54, 1.807) is 50.6 Å². The average Bonchev–Trinajstić information content (AvgIpc) is 4.16. The van der Waals surface area contributed by atoms with Gasteiger partial charge in [0.2, 0.25) is 0 Å². The number of nitrogens with zero attached hydrogens (tertiary/aromatic N) is 9. The molecule has 336 valence electrons. The van der Waals surface area contributed by atoms with E-state index < -0.39 is 5.97 Å². The Morgan fingerprint density at radius 2 is 1.28 bits per heavy atom. The highest BCUT2D eigenvalue weighted by molar-refractivity contribution is 5.94. The molecule has 4 N–H and O–H groups in total. The predicted octanol–water partition coefficient (Wildman–Crippen LogP) is 4.63. The Morgan fingerprint density at radius 1 is 0.754 bits per heavy atom. The molecule has 65 heavy (non-hydrogen) atoms. The molecule has 0 bridgehead atoms. The molecule has 8 heterocycles. The first kappa shape index (κ1) is 44.5. The van der Waals surface area contributed by atoms with E-state index in [0.717, 1.165) is 69.5 Å². The van der Waals surface area contributed by atoms with Gasteiger partial charge in [-0.2, -0.15) is 15.5 Å². The van der Waals surface area contributed by atoms with Gasteiger partial charge in [0, 0.05) is 75.3 Å². The van der Waals surface area contributed by atoms with E-state index in [4.69, 9.17) is 36.6 Å². The molecule has 0 saturated carbocycles. The van der Waals surface area contributed by atoms with Gasteiger partial charge in [0.15, 0.2) is 16.7 Å². The first-order valence-corrected chi connectivity index (χ1v) is 21.8. The zero-order chi connectivity index (χ0) is 45.6. The number of likely N-dealkylation sites (tertiary alicyclic amines) is 1. The number of benzene rings is 2. The molecule has 4 fully saturated rings. The van der Waals surface area contributed by atoms with E-state index in [9.17, 15) is 19.2 Å². The number of imidazole rings is 2. The molecule has 10 rings (SSSR count). The number of fused-ring (bicyclic) bond motifs is 2. The van der Waals surface area contributed by atoms with E-state index in [1.165, 1.54) is 24.3 Å². The highest BCUT2D eigenvalue weighted by atomic mass is 16.5. The maximum absolute atomic E-state index is 13.0. The van der Waals surface area contributed by atoms with Crippen LogP contribution in [0.1, 0.15) is 113 Å². The topological polar surface area (TPSA) is 242 Å². The number of hydrogen-bond acceptors (Lipinski definition) is 12. The fraction of sp³-hybridized carbons (Fsp3) is 0.435. The van der Waals surface area contributed by atoms with Gasteiger partial charge in [-0.25, -0.2) is 28.6 Å². The molecule has 4 aliphatic heterocycles. The minimum absolute atomic E-state index is 0.0839. The standard InChI is InChI=1S/C23H24N6O3.C15H21N5O2.C8H5NO2/c1-14-12-28(23(31)17-4-2-15(10-24)3-5-17)13-18(14)20-26-22(30)19-11-25-21(29(19)27-20)16-6-8-32-9-7-16;1-9-6-16-7-11(9)13-18-15(21)12-8-17-14(20(12)19-13)10-2-4-22-5-3-10;1-9-7-4-2-6(3-5-7)8(10)11/h2-5,11,14,16,18H,6-9,12-13H2,1H3,(H,26,27,30);8-11,16H,2-7H2,1H3,(H,18,19,21);2-5H,(H,10,11). The maximum atomic E-state index is 13.0. The Morgan fingerprint density at radius 3 is 1.75 bits per heavy atom. The lowest BCUT2D eigenvalue weighted by Gasteiger charge is -2.21. The largest absolute Gasteiger partial charge is 0.478 e. The second kappa shape index (κ2) is 19.8. The Hall–Kier alpha value is -7.06. The number of carboxylic acids is 1. The number of carboxylic acid groups (broad SMARTS) is 1. The lowest BCUT2D eigenvalue weighted by Crippen LogP contribution is -2.29. The molecule has 0 spiro atoms. The summed E-state index contributed by atoms with van der Waals surface area (Å²) in [5, 5.41) is 30.3. The van der Waals surface area contributed by atoms with Gasteiger partial charge in [-0.15, -0.1) is 0 Å². The average molecular weight is 883 g/mol. The van der Waals surface area contributed by atoms with Crippen LogP contribution in [0.15, 0.2) is 70.5 Å². The molecule has 4 atom stereocenters. The number of nitrogens with one attached hydrogen (secondary N) is 3. The van der Waals surface area contributed by atoms with Crippen LogP contribution in [0.2, 0.25) is 0 Å². The molecule has 2 aromatic carbocycles. The van der Waals surface area contributed by atoms with Gasteiger partial charge in [0.25, 0.3) is 17.0 Å². The summed E-state index contributed by atoms with van der Waals surface area (Å²) in [5.41, 5.74) is 2.37. The Kier molecular flexibility index (Phi) is 13.5. The zero-order valence-electron chi connectivity index (χ0n) is 36.1. The van der Waals surface area contributed by atoms with Crippen molar-refractivity contribution in [2.24, 2.45) is 11.8 Å². The van der Waals surface area contributed by atoms with Crippen molar-refractivity contribution in [3.05, 3.63) is 133 Å². The third kappa shape index (κ3) is 9.72. The van der Waals surface area contributed by atoms with Crippen LogP contribution in [0.3, 0.4) is 0 Å². The number of rotatable bonds is 6. The summed E-state index contributed by atoms with van der Waals surface area (Å²) in [6.07, 6.45) is 6.80. The fourth-order valence-corrected chi connectivity index (χ4v) is 8.88. The Balaban J connectivity index is 0.000000150. The lowest BCUT2D eigenvalue weighted by molar-refractivity contribution is 0.0696. The number of ether oxygens (including phenoxy) is 2. The van der Waals surface area contributed by atoms with Gasteiger partial charge in [-0.1, -0.05) is 38.1 Å². The number of aromatic amines is 2. The molecule has 4 saturated heterocycles. The molecule has 4 unspecified atom stereocenters. The highest BCUT2D eigenvalue weighted by Crippen LogP contribution is 2.32. The second-order valence-electron chi connectivity index (χ2n) is 17.0. The fourth-order valence-electron chi connectivity index (χ4n) is 8.88. The van der Waals surface area contributed by atoms with Gasteiger partial charge in [-0.05, 0) is 68.3 Å². The number of hydrogen-bond donors (Lipinski definition) is 4. The molecule has 19 heteroatoms. The van der Waals surface area contributed by atoms with Crippen LogP contribution in [0.25, 0.3) is 15.9 Å². The van der Waals surface area contributed by atoms with Gasteiger partial charge in [-0.3, -0.25) is 14.4 Å². The van der Waals surface area contributed by atoms with Crippen molar-refractivity contribution < 1.29 is 24.2 Å². The Bertz CT molecular complexity index is 2860. The molecule has 19 nitrogen and oxygen atoms in total. The van der Waals surface area contributed by atoms with E-state index in [1.807, 2.05) is 0 Å². The number of carbonyl (C=O) groups excluding carboxylic acids is 1. The van der Waals surface area contributed by atoms with Crippen LogP contribution in [-0.4, -0.2) is 114 Å². The summed E-state index contributed by atoms with van der Waals surface area (Å²) in [6, 6.07) is 14.5. The lowest BCUT2D eigenvalue weighted by atomic mass is 9.97. The van der Waals surface area contributed by atoms with Crippen LogP contribution in [0.5, 0.6) is 0 Å². The zero-order valence-corrected chi connectivity index (χ0v) is 36.1. The number of aromatic carboxylic acids is 1. The summed E-state index contributed by atoms with van der Waals surface area (Å²) in [7, 11) is 0. The Labute approximate surface area is 373 Å². The molecular formula is C46H50N12O7.